The van der Waals surface area contributed by atoms with Crippen molar-refractivity contribution in [2.75, 3.05) is 9.71 Å². The molecule has 3 heterocycles. The van der Waals surface area contributed by atoms with Gasteiger partial charge in [-0.05, 0) is 119 Å². The molecule has 11 rings (SSSR count). The van der Waals surface area contributed by atoms with Crippen LogP contribution in [0.25, 0.3) is 53.5 Å². The Labute approximate surface area is 372 Å². The van der Waals surface area contributed by atoms with E-state index in [1.807, 2.05) is 11.3 Å². The third-order valence-corrected chi connectivity index (χ3v) is 15.2. The van der Waals surface area contributed by atoms with Crippen LogP contribution in [-0.4, -0.2) is 6.85 Å². The number of anilines is 5. The highest BCUT2D eigenvalue weighted by atomic mass is 32.1. The van der Waals surface area contributed by atoms with Gasteiger partial charge in [0.2, 0.25) is 0 Å². The van der Waals surface area contributed by atoms with Gasteiger partial charge in [-0.1, -0.05) is 168 Å². The maximum Gasteiger partial charge on any atom is 0.343 e. The van der Waals surface area contributed by atoms with Gasteiger partial charge in [-0.15, -0.1) is 11.3 Å². The van der Waals surface area contributed by atoms with E-state index in [1.54, 1.807) is 0 Å². The highest BCUT2D eigenvalue weighted by Crippen LogP contribution is 2.55. The lowest BCUT2D eigenvalue weighted by Crippen LogP contribution is -2.60. The summed E-state index contributed by atoms with van der Waals surface area (Å²) in [6.07, 6.45) is 0. The largest absolute Gasteiger partial charge is 0.376 e. The van der Waals surface area contributed by atoms with Crippen molar-refractivity contribution in [3.8, 4) is 11.1 Å². The summed E-state index contributed by atoms with van der Waals surface area (Å²) in [6.45, 7) is 27.9. The summed E-state index contributed by atoms with van der Waals surface area (Å²) in [7, 11) is 0. The van der Waals surface area contributed by atoms with Crippen LogP contribution in [0.3, 0.4) is 0 Å². The lowest BCUT2D eigenvalue weighted by Gasteiger charge is -2.46. The molecule has 0 saturated heterocycles. The zero-order chi connectivity index (χ0) is 43.4. The van der Waals surface area contributed by atoms with Gasteiger partial charge < -0.3 is 9.71 Å². The van der Waals surface area contributed by atoms with E-state index in [1.165, 1.54) is 114 Å². The summed E-state index contributed by atoms with van der Waals surface area (Å²) < 4.78 is 2.70. The van der Waals surface area contributed by atoms with E-state index < -0.39 is 0 Å². The van der Waals surface area contributed by atoms with Crippen molar-refractivity contribution in [3.05, 3.63) is 150 Å². The van der Waals surface area contributed by atoms with E-state index in [0.717, 1.165) is 0 Å². The monoisotopic (exact) mass is 824 g/mol. The van der Waals surface area contributed by atoms with Crippen LogP contribution in [0.4, 0.5) is 28.4 Å². The SMILES string of the molecule is CC(C)(C)c1ccc(N2B3c4sc5ccccc5c4N(c4ccc(C(C)(C)C)cc4)c4c3c(c3ccc5cc(C(C)(C)C)cc6ccc4c3c56)-c3cc(C(C)(C)C)ccc32)cc1. The topological polar surface area (TPSA) is 6.48 Å². The summed E-state index contributed by atoms with van der Waals surface area (Å²) in [4.78, 5) is 5.36. The van der Waals surface area contributed by atoms with Crippen molar-refractivity contribution < 1.29 is 0 Å². The van der Waals surface area contributed by atoms with Gasteiger partial charge >= 0.3 is 6.85 Å². The molecule has 0 radical (unpaired) electrons. The second-order valence-electron chi connectivity index (χ2n) is 22.3. The normalized spacial score (nSPS) is 14.4. The molecule has 0 unspecified atom stereocenters. The molecular formula is C58H57BN2S. The molecule has 8 aromatic carbocycles. The van der Waals surface area contributed by atoms with Crippen LogP contribution in [0, 0.1) is 0 Å². The van der Waals surface area contributed by atoms with Crippen LogP contribution >= 0.6 is 11.3 Å². The van der Waals surface area contributed by atoms with Crippen LogP contribution in [0.5, 0.6) is 0 Å². The Hall–Kier alpha value is -5.58. The lowest BCUT2D eigenvalue weighted by molar-refractivity contribution is 0.590. The predicted molar refractivity (Wildman–Crippen MR) is 274 cm³/mol. The fourth-order valence-corrected chi connectivity index (χ4v) is 11.8. The minimum absolute atomic E-state index is 0.0300. The standard InChI is InChI=1S/C58H57BN2S/c1-55(2,3)36-19-24-40(25-20-36)60-52-44-29-18-35-32-39(58(10,11)12)31-34-17-28-43(49(44)48(34)35)50-45-33-38(57(7,8)9)23-30-46(45)61(41-26-21-37(22-27-41)56(4,5)6)59(51(50)52)54-53(60)42-15-13-14-16-47(42)62-54/h13-33H,1-12H3. The Balaban J connectivity index is 1.34. The van der Waals surface area contributed by atoms with E-state index in [0.29, 0.717) is 0 Å². The lowest BCUT2D eigenvalue weighted by atomic mass is 9.46. The van der Waals surface area contributed by atoms with Crippen molar-refractivity contribution in [2.45, 2.75) is 105 Å². The van der Waals surface area contributed by atoms with Crippen LogP contribution in [-0.2, 0) is 21.7 Å². The minimum atomic E-state index is -0.0552. The number of benzene rings is 8. The van der Waals surface area contributed by atoms with Gasteiger partial charge in [0, 0.05) is 48.3 Å². The quantitative estimate of drug-likeness (QED) is 0.127. The highest BCUT2D eigenvalue weighted by molar-refractivity contribution is 7.32. The number of fused-ring (bicyclic) bond motifs is 8. The van der Waals surface area contributed by atoms with Gasteiger partial charge in [0.15, 0.2) is 0 Å². The van der Waals surface area contributed by atoms with Crippen molar-refractivity contribution >= 4 is 99.3 Å². The zero-order valence-electron chi connectivity index (χ0n) is 38.5. The smallest absolute Gasteiger partial charge is 0.343 e. The number of nitrogens with zero attached hydrogens (tertiary/aromatic N) is 2. The molecule has 0 amide bonds. The molecule has 4 heteroatoms. The van der Waals surface area contributed by atoms with E-state index in [-0.39, 0.29) is 28.5 Å². The average Bonchev–Trinajstić information content (AvgIpc) is 3.61. The maximum atomic E-state index is 2.70. The van der Waals surface area contributed by atoms with Crippen LogP contribution in [0.2, 0.25) is 0 Å². The van der Waals surface area contributed by atoms with E-state index in [4.69, 9.17) is 0 Å². The van der Waals surface area contributed by atoms with Gasteiger partial charge in [-0.2, -0.15) is 0 Å². The van der Waals surface area contributed by atoms with Gasteiger partial charge in [0.25, 0.3) is 0 Å². The van der Waals surface area contributed by atoms with Gasteiger partial charge in [-0.25, -0.2) is 0 Å². The van der Waals surface area contributed by atoms with Crippen LogP contribution in [0.1, 0.15) is 105 Å². The molecule has 1 aromatic heterocycles. The molecule has 2 aliphatic rings. The Morgan fingerprint density at radius 2 is 1.00 bits per heavy atom. The van der Waals surface area contributed by atoms with Crippen molar-refractivity contribution in [1.29, 1.82) is 0 Å². The van der Waals surface area contributed by atoms with E-state index in [2.05, 4.69) is 220 Å². The summed E-state index contributed by atoms with van der Waals surface area (Å²) in [6, 6.07) is 50.1. The Morgan fingerprint density at radius 1 is 0.452 bits per heavy atom. The van der Waals surface area contributed by atoms with Crippen LogP contribution < -0.4 is 20.0 Å². The highest BCUT2D eigenvalue weighted by Gasteiger charge is 2.48. The fraction of sp³-hybridized carbons (Fsp3) is 0.276. The number of hydrogen-bond acceptors (Lipinski definition) is 3. The molecule has 2 aliphatic heterocycles. The molecule has 0 spiro atoms. The molecule has 0 N–H and O–H groups in total. The van der Waals surface area contributed by atoms with Gasteiger partial charge in [0.1, 0.15) is 0 Å². The first-order chi connectivity index (χ1) is 29.3. The molecule has 62 heavy (non-hydrogen) atoms. The second-order valence-corrected chi connectivity index (χ2v) is 23.4. The predicted octanol–water partition coefficient (Wildman–Crippen LogP) is 15.7. The minimum Gasteiger partial charge on any atom is -0.376 e. The molecule has 0 bridgehead atoms. The van der Waals surface area contributed by atoms with E-state index in [9.17, 15) is 0 Å². The molecule has 9 aromatic rings. The Bertz CT molecular complexity index is 3250. The Morgan fingerprint density at radius 3 is 1.60 bits per heavy atom. The van der Waals surface area contributed by atoms with Crippen molar-refractivity contribution in [3.63, 3.8) is 0 Å². The maximum absolute atomic E-state index is 2.70. The molecule has 308 valence electrons. The Kier molecular flexibility index (Phi) is 8.23. The third kappa shape index (κ3) is 5.75. The number of thiophene rings is 1. The summed E-state index contributed by atoms with van der Waals surface area (Å²) in [5.41, 5.74) is 15.9. The van der Waals surface area contributed by atoms with Gasteiger partial charge in [-0.3, -0.25) is 0 Å². The summed E-state index contributed by atoms with van der Waals surface area (Å²) in [5, 5.41) is 9.30. The zero-order valence-corrected chi connectivity index (χ0v) is 39.3. The van der Waals surface area contributed by atoms with Crippen LogP contribution in [0.15, 0.2) is 127 Å². The van der Waals surface area contributed by atoms with E-state index >= 15 is 0 Å². The van der Waals surface area contributed by atoms with Crippen molar-refractivity contribution in [2.24, 2.45) is 0 Å². The second kappa shape index (κ2) is 13.0. The molecule has 0 saturated carbocycles. The molecule has 0 aliphatic carbocycles. The third-order valence-electron chi connectivity index (χ3n) is 14.0. The first-order valence-corrected chi connectivity index (χ1v) is 23.4. The van der Waals surface area contributed by atoms with Crippen molar-refractivity contribution in [1.82, 2.24) is 0 Å². The number of hydrogen-bond donors (Lipinski definition) is 0. The first-order valence-electron chi connectivity index (χ1n) is 22.5. The van der Waals surface area contributed by atoms with Gasteiger partial charge in [0.05, 0.1) is 11.4 Å². The summed E-state index contributed by atoms with van der Waals surface area (Å²) >= 11 is 1.97. The number of rotatable bonds is 2. The fourth-order valence-electron chi connectivity index (χ4n) is 10.5. The molecule has 0 atom stereocenters. The summed E-state index contributed by atoms with van der Waals surface area (Å²) in [5.74, 6) is 0. The average molecular weight is 825 g/mol. The molecule has 2 nitrogen and oxygen atoms in total. The molecule has 0 fully saturated rings. The first kappa shape index (κ1) is 39.3. The molecular weight excluding hydrogens is 768 g/mol.